The molecule has 3 fully saturated rings. The summed E-state index contributed by atoms with van der Waals surface area (Å²) in [6, 6.07) is 13.6. The average Bonchev–Trinajstić information content (AvgIpc) is 3.25. The number of fused-ring (bicyclic) bond motifs is 3. The second-order valence-electron chi connectivity index (χ2n) is 12.3. The number of carboxylic acid groups (broad SMARTS) is 1. The summed E-state index contributed by atoms with van der Waals surface area (Å²) in [7, 11) is 1.53. The average molecular weight is 620 g/mol. The largest absolute Gasteiger partial charge is 0.494 e. The lowest BCUT2D eigenvalue weighted by Crippen LogP contribution is -2.33. The number of benzene rings is 3. The Morgan fingerprint density at radius 2 is 1.98 bits per heavy atom. The van der Waals surface area contributed by atoms with E-state index < -0.39 is 17.6 Å². The van der Waals surface area contributed by atoms with Crippen LogP contribution in [0.1, 0.15) is 46.6 Å². The van der Waals surface area contributed by atoms with Crippen LogP contribution in [0.5, 0.6) is 17.2 Å². The summed E-state index contributed by atoms with van der Waals surface area (Å²) in [6.45, 7) is 5.49. The highest BCUT2D eigenvalue weighted by atomic mass is 35.5. The van der Waals surface area contributed by atoms with Crippen LogP contribution in [-0.4, -0.2) is 58.4 Å². The molecule has 3 aliphatic heterocycles. The van der Waals surface area contributed by atoms with E-state index in [9.17, 15) is 14.3 Å². The zero-order valence-electron chi connectivity index (χ0n) is 24.3. The van der Waals surface area contributed by atoms with E-state index in [1.54, 1.807) is 25.1 Å². The molecule has 11 heteroatoms. The molecule has 228 valence electrons. The van der Waals surface area contributed by atoms with Crippen molar-refractivity contribution in [3.63, 3.8) is 0 Å². The Morgan fingerprint density at radius 1 is 1.18 bits per heavy atom. The van der Waals surface area contributed by atoms with Crippen LogP contribution in [0.3, 0.4) is 0 Å². The minimum absolute atomic E-state index is 0.0800. The zero-order chi connectivity index (χ0) is 30.3. The van der Waals surface area contributed by atoms with Gasteiger partial charge in [0.1, 0.15) is 22.9 Å². The van der Waals surface area contributed by atoms with Crippen molar-refractivity contribution in [2.75, 3.05) is 26.8 Å². The first kappa shape index (κ1) is 27.7. The van der Waals surface area contributed by atoms with Crippen LogP contribution in [0.2, 0.25) is 5.02 Å². The molecule has 1 aromatic heterocycles. The van der Waals surface area contributed by atoms with Gasteiger partial charge in [-0.1, -0.05) is 23.7 Å². The number of likely N-dealkylation sites (tertiary alicyclic amines) is 1. The minimum Gasteiger partial charge on any atom is -0.494 e. The lowest BCUT2D eigenvalue weighted by Gasteiger charge is -2.28. The Bertz CT molecular complexity index is 1810. The van der Waals surface area contributed by atoms with Gasteiger partial charge >= 0.3 is 5.97 Å². The SMILES string of the molecule is COc1cc(C(=O)O)cc2c1nc(CN1C[C@@H]3C(c4cccc5c4OC(C)(c4ccc(Cl)cc4F)O5)[C@@H]3C1)n2CC1CCO1. The molecule has 1 aliphatic carbocycles. The van der Waals surface area contributed by atoms with Crippen LogP contribution in [0.4, 0.5) is 4.39 Å². The van der Waals surface area contributed by atoms with Crippen molar-refractivity contribution in [2.45, 2.75) is 44.2 Å². The zero-order valence-corrected chi connectivity index (χ0v) is 25.0. The van der Waals surface area contributed by atoms with E-state index in [2.05, 4.69) is 15.5 Å². The van der Waals surface area contributed by atoms with Crippen molar-refractivity contribution in [3.8, 4) is 17.2 Å². The maximum absolute atomic E-state index is 14.8. The molecule has 0 bridgehead atoms. The van der Waals surface area contributed by atoms with Gasteiger partial charge in [0.05, 0.1) is 42.9 Å². The lowest BCUT2D eigenvalue weighted by atomic mass is 10.0. The topological polar surface area (TPSA) is 95.3 Å². The van der Waals surface area contributed by atoms with Gasteiger partial charge in [-0.2, -0.15) is 0 Å². The van der Waals surface area contributed by atoms with E-state index in [1.165, 1.54) is 19.2 Å². The molecule has 44 heavy (non-hydrogen) atoms. The van der Waals surface area contributed by atoms with Crippen LogP contribution < -0.4 is 14.2 Å². The third-order valence-electron chi connectivity index (χ3n) is 9.57. The molecule has 0 spiro atoms. The van der Waals surface area contributed by atoms with Gasteiger partial charge in [-0.15, -0.1) is 0 Å². The molecule has 4 heterocycles. The molecule has 4 aliphatic rings. The third-order valence-corrected chi connectivity index (χ3v) is 9.80. The lowest BCUT2D eigenvalue weighted by molar-refractivity contribution is -0.0710. The molecule has 3 aromatic carbocycles. The summed E-state index contributed by atoms with van der Waals surface area (Å²) < 4.78 is 40.8. The van der Waals surface area contributed by atoms with Crippen molar-refractivity contribution in [3.05, 3.63) is 81.9 Å². The van der Waals surface area contributed by atoms with E-state index in [0.717, 1.165) is 43.0 Å². The molecule has 5 atom stereocenters. The maximum Gasteiger partial charge on any atom is 0.335 e. The number of para-hydroxylation sites is 1. The molecular weight excluding hydrogens is 589 g/mol. The van der Waals surface area contributed by atoms with Gasteiger partial charge in [-0.3, -0.25) is 4.90 Å². The van der Waals surface area contributed by atoms with Gasteiger partial charge in [0, 0.05) is 37.2 Å². The van der Waals surface area contributed by atoms with Crippen LogP contribution in [0, 0.1) is 17.7 Å². The van der Waals surface area contributed by atoms with Crippen molar-refractivity contribution < 1.29 is 33.2 Å². The number of halogens is 2. The third kappa shape index (κ3) is 4.42. The molecule has 9 nitrogen and oxygen atoms in total. The normalized spacial score (nSPS) is 26.9. The first-order chi connectivity index (χ1) is 21.2. The van der Waals surface area contributed by atoms with Crippen molar-refractivity contribution in [1.29, 1.82) is 0 Å². The Morgan fingerprint density at radius 3 is 2.66 bits per heavy atom. The molecule has 8 rings (SSSR count). The fourth-order valence-corrected chi connectivity index (χ4v) is 7.42. The molecule has 2 saturated heterocycles. The maximum atomic E-state index is 14.8. The van der Waals surface area contributed by atoms with Crippen LogP contribution in [-0.2, 0) is 23.6 Å². The number of hydrogen-bond donors (Lipinski definition) is 1. The number of imidazole rings is 1. The number of carboxylic acids is 1. The van der Waals surface area contributed by atoms with Crippen LogP contribution in [0.15, 0.2) is 48.5 Å². The molecule has 1 N–H and O–H groups in total. The Labute approximate surface area is 258 Å². The van der Waals surface area contributed by atoms with Crippen LogP contribution >= 0.6 is 11.6 Å². The molecule has 1 saturated carbocycles. The standard InChI is InChI=1S/C33H31ClFN3O6/c1-33(23-7-6-18(34)12-24(23)35)43-26-5-3-4-20(31(26)44-33)29-21-14-37(15-22(21)29)16-28-36-30-25(38(28)13-19-8-9-42-19)10-17(32(39)40)11-27(30)41-2/h3-7,10-12,19,21-22,29H,8-9,13-16H2,1-2H3,(H,39,40)/t19?,21-,22+,29?,33?. The predicted molar refractivity (Wildman–Crippen MR) is 159 cm³/mol. The van der Waals surface area contributed by atoms with Gasteiger partial charge in [-0.05, 0) is 60.6 Å². The first-order valence-corrected chi connectivity index (χ1v) is 15.2. The van der Waals surface area contributed by atoms with Gasteiger partial charge in [0.25, 0.3) is 5.79 Å². The smallest absolute Gasteiger partial charge is 0.335 e. The fourth-order valence-electron chi connectivity index (χ4n) is 7.26. The van der Waals surface area contributed by atoms with Gasteiger partial charge < -0.3 is 28.6 Å². The highest BCUT2D eigenvalue weighted by molar-refractivity contribution is 6.30. The highest BCUT2D eigenvalue weighted by Gasteiger charge is 2.58. The molecule has 3 unspecified atom stereocenters. The molecule has 4 aromatic rings. The summed E-state index contributed by atoms with van der Waals surface area (Å²) in [5.41, 5.74) is 2.96. The number of aromatic nitrogens is 2. The fraction of sp³-hybridized carbons (Fsp3) is 0.394. The van der Waals surface area contributed by atoms with Gasteiger partial charge in [-0.25, -0.2) is 14.2 Å². The summed E-state index contributed by atoms with van der Waals surface area (Å²) in [6.07, 6.45) is 1.04. The number of methoxy groups -OCH3 is 1. The van der Waals surface area contributed by atoms with E-state index in [-0.39, 0.29) is 11.7 Å². The second-order valence-corrected chi connectivity index (χ2v) is 12.7. The van der Waals surface area contributed by atoms with Crippen molar-refractivity contribution >= 4 is 28.6 Å². The van der Waals surface area contributed by atoms with E-state index >= 15 is 0 Å². The minimum atomic E-state index is -1.28. The number of ether oxygens (including phenoxy) is 4. The number of hydrogen-bond acceptors (Lipinski definition) is 7. The van der Waals surface area contributed by atoms with Gasteiger partial charge in [0.15, 0.2) is 11.5 Å². The number of rotatable bonds is 8. The van der Waals surface area contributed by atoms with Gasteiger partial charge in [0.2, 0.25) is 0 Å². The quantitative estimate of drug-likeness (QED) is 0.264. The summed E-state index contributed by atoms with van der Waals surface area (Å²) in [5, 5.41) is 10.0. The number of aromatic carboxylic acids is 1. The number of carbonyl (C=O) groups is 1. The Hall–Kier alpha value is -3.86. The highest BCUT2D eigenvalue weighted by Crippen LogP contribution is 2.62. The summed E-state index contributed by atoms with van der Waals surface area (Å²) in [5.74, 6) is 1.07. The van der Waals surface area contributed by atoms with E-state index in [0.29, 0.717) is 64.2 Å². The van der Waals surface area contributed by atoms with E-state index in [4.69, 9.17) is 35.5 Å². The summed E-state index contributed by atoms with van der Waals surface area (Å²) in [4.78, 5) is 19.2. The van der Waals surface area contributed by atoms with E-state index in [1.807, 2.05) is 12.1 Å². The first-order valence-electron chi connectivity index (χ1n) is 14.8. The Balaban J connectivity index is 1.02. The molecular formula is C33H31ClFN3O6. The van der Waals surface area contributed by atoms with Crippen molar-refractivity contribution in [1.82, 2.24) is 14.5 Å². The number of piperidine rings is 1. The second kappa shape index (κ2) is 10.1. The molecule has 0 radical (unpaired) electrons. The Kier molecular flexibility index (Phi) is 6.34. The predicted octanol–water partition coefficient (Wildman–Crippen LogP) is 5.81. The van der Waals surface area contributed by atoms with Crippen molar-refractivity contribution in [2.24, 2.45) is 11.8 Å². The number of nitrogens with zero attached hydrogens (tertiary/aromatic N) is 3. The van der Waals surface area contributed by atoms with Crippen LogP contribution in [0.25, 0.3) is 11.0 Å². The molecule has 0 amide bonds. The summed E-state index contributed by atoms with van der Waals surface area (Å²) >= 11 is 5.98. The monoisotopic (exact) mass is 619 g/mol.